The number of carbonyl (C=O) groups excluding carboxylic acids is 1. The summed E-state index contributed by atoms with van der Waals surface area (Å²) in [6.45, 7) is 5.42. The molecule has 3 saturated heterocycles. The quantitative estimate of drug-likeness (QED) is 0.670. The van der Waals surface area contributed by atoms with E-state index in [0.717, 1.165) is 70.2 Å². The molecule has 3 fully saturated rings. The fraction of sp³-hybridized carbons (Fsp3) is 0.762. The summed E-state index contributed by atoms with van der Waals surface area (Å²) in [5, 5.41) is 0.208. The highest BCUT2D eigenvalue weighted by Gasteiger charge is 2.55. The Morgan fingerprint density at radius 3 is 2.30 bits per heavy atom. The number of fused-ring (bicyclic) bond motifs is 1. The Labute approximate surface area is 181 Å². The van der Waals surface area contributed by atoms with E-state index in [4.69, 9.17) is 25.8 Å². The molecule has 0 aromatic carbocycles. The second-order valence-corrected chi connectivity index (χ2v) is 9.16. The Hall–Kier alpha value is -1.48. The zero-order chi connectivity index (χ0) is 20.6. The molecule has 4 aliphatic heterocycles. The van der Waals surface area contributed by atoms with E-state index in [1.54, 1.807) is 6.20 Å². The van der Waals surface area contributed by atoms with Gasteiger partial charge in [0.25, 0.3) is 5.91 Å². The van der Waals surface area contributed by atoms with E-state index in [-0.39, 0.29) is 11.2 Å². The number of anilines is 2. The van der Waals surface area contributed by atoms with E-state index in [9.17, 15) is 4.79 Å². The number of nitrogens with zero attached hydrogens (tertiary/aromatic N) is 4. The fourth-order valence-corrected chi connectivity index (χ4v) is 5.29. The van der Waals surface area contributed by atoms with Gasteiger partial charge >= 0.3 is 0 Å². The molecule has 0 aliphatic carbocycles. The Kier molecular flexibility index (Phi) is 5.84. The van der Waals surface area contributed by atoms with Gasteiger partial charge in [-0.1, -0.05) is 0 Å². The van der Waals surface area contributed by atoms with Crippen LogP contribution < -0.4 is 9.80 Å². The first kappa shape index (κ1) is 20.4. The van der Waals surface area contributed by atoms with Gasteiger partial charge in [0.05, 0.1) is 12.8 Å². The van der Waals surface area contributed by atoms with E-state index in [1.165, 1.54) is 0 Å². The maximum atomic E-state index is 14.0. The van der Waals surface area contributed by atoms with Gasteiger partial charge in [-0.05, 0) is 49.1 Å². The zero-order valence-electron chi connectivity index (χ0n) is 17.2. The largest absolute Gasteiger partial charge is 0.381 e. The van der Waals surface area contributed by atoms with Crippen molar-refractivity contribution in [2.75, 3.05) is 62.5 Å². The van der Waals surface area contributed by atoms with Crippen molar-refractivity contribution < 1.29 is 19.0 Å². The highest BCUT2D eigenvalue weighted by Crippen LogP contribution is 2.44. The molecule has 30 heavy (non-hydrogen) atoms. The van der Waals surface area contributed by atoms with Crippen LogP contribution in [0.2, 0.25) is 5.28 Å². The SMILES string of the molecule is O=C1N(CC2CCOCC2)c2cnc(Cl)nc2N(CC2CCOCC2)C12CCOC2. The van der Waals surface area contributed by atoms with Crippen molar-refractivity contribution in [3.05, 3.63) is 11.5 Å². The lowest BCUT2D eigenvalue weighted by molar-refractivity contribution is -0.124. The van der Waals surface area contributed by atoms with Crippen LogP contribution in [0, 0.1) is 11.8 Å². The molecular weight excluding hydrogens is 408 g/mol. The number of ether oxygens (including phenoxy) is 3. The molecule has 1 aromatic rings. The van der Waals surface area contributed by atoms with Crippen LogP contribution in [0.3, 0.4) is 0 Å². The highest BCUT2D eigenvalue weighted by molar-refractivity contribution is 6.28. The van der Waals surface area contributed by atoms with Crippen molar-refractivity contribution >= 4 is 29.0 Å². The maximum Gasteiger partial charge on any atom is 0.255 e. The van der Waals surface area contributed by atoms with Crippen LogP contribution in [-0.4, -0.2) is 74.1 Å². The number of amides is 1. The van der Waals surface area contributed by atoms with Crippen LogP contribution in [-0.2, 0) is 19.0 Å². The van der Waals surface area contributed by atoms with Crippen LogP contribution in [0.5, 0.6) is 0 Å². The molecule has 1 unspecified atom stereocenters. The third-order valence-electron chi connectivity index (χ3n) is 6.99. The number of hydrogen-bond acceptors (Lipinski definition) is 7. The first-order valence-electron chi connectivity index (χ1n) is 11.0. The van der Waals surface area contributed by atoms with Crippen LogP contribution in [0.15, 0.2) is 6.20 Å². The van der Waals surface area contributed by atoms with Crippen molar-refractivity contribution in [2.24, 2.45) is 11.8 Å². The summed E-state index contributed by atoms with van der Waals surface area (Å²) in [6.07, 6.45) is 6.27. The molecule has 1 amide bonds. The van der Waals surface area contributed by atoms with Crippen LogP contribution in [0.1, 0.15) is 32.1 Å². The maximum absolute atomic E-state index is 14.0. The van der Waals surface area contributed by atoms with E-state index in [1.807, 2.05) is 4.90 Å². The van der Waals surface area contributed by atoms with E-state index in [2.05, 4.69) is 14.9 Å². The van der Waals surface area contributed by atoms with Crippen LogP contribution in [0.25, 0.3) is 0 Å². The van der Waals surface area contributed by atoms with E-state index >= 15 is 0 Å². The summed E-state index contributed by atoms with van der Waals surface area (Å²) in [4.78, 5) is 26.9. The molecule has 5 heterocycles. The lowest BCUT2D eigenvalue weighted by Gasteiger charge is -2.49. The molecule has 1 atom stereocenters. The number of hydrogen-bond donors (Lipinski definition) is 0. The van der Waals surface area contributed by atoms with Crippen LogP contribution in [0.4, 0.5) is 11.5 Å². The predicted octanol–water partition coefficient (Wildman–Crippen LogP) is 2.30. The number of carbonyl (C=O) groups is 1. The van der Waals surface area contributed by atoms with Crippen molar-refractivity contribution in [3.63, 3.8) is 0 Å². The molecule has 1 spiro atoms. The molecule has 5 rings (SSSR count). The fourth-order valence-electron chi connectivity index (χ4n) is 5.17. The Morgan fingerprint density at radius 1 is 1.00 bits per heavy atom. The van der Waals surface area contributed by atoms with Gasteiger partial charge in [-0.15, -0.1) is 0 Å². The first-order chi connectivity index (χ1) is 14.7. The smallest absolute Gasteiger partial charge is 0.255 e. The topological polar surface area (TPSA) is 77.0 Å². The number of aromatic nitrogens is 2. The summed E-state index contributed by atoms with van der Waals surface area (Å²) in [6, 6.07) is 0. The van der Waals surface area contributed by atoms with Gasteiger partial charge < -0.3 is 24.0 Å². The minimum absolute atomic E-state index is 0.108. The normalized spacial score (nSPS) is 28.4. The molecule has 9 heteroatoms. The van der Waals surface area contributed by atoms with E-state index < -0.39 is 5.54 Å². The molecule has 4 aliphatic rings. The van der Waals surface area contributed by atoms with Crippen molar-refractivity contribution in [3.8, 4) is 0 Å². The van der Waals surface area contributed by atoms with Gasteiger partial charge in [0.2, 0.25) is 5.28 Å². The average Bonchev–Trinajstić information content (AvgIpc) is 3.27. The third kappa shape index (κ3) is 3.68. The van der Waals surface area contributed by atoms with Crippen molar-refractivity contribution in [2.45, 2.75) is 37.6 Å². The average molecular weight is 437 g/mol. The zero-order valence-corrected chi connectivity index (χ0v) is 18.0. The lowest BCUT2D eigenvalue weighted by Crippen LogP contribution is -2.66. The highest BCUT2D eigenvalue weighted by atomic mass is 35.5. The molecule has 0 N–H and O–H groups in total. The summed E-state index contributed by atoms with van der Waals surface area (Å²) < 4.78 is 16.9. The summed E-state index contributed by atoms with van der Waals surface area (Å²) in [5.41, 5.74) is 0.0502. The minimum atomic E-state index is -0.714. The summed E-state index contributed by atoms with van der Waals surface area (Å²) >= 11 is 6.24. The van der Waals surface area contributed by atoms with Crippen LogP contribution >= 0.6 is 11.6 Å². The molecule has 0 saturated carbocycles. The molecular formula is C21H29ClN4O4. The molecule has 8 nitrogen and oxygen atoms in total. The third-order valence-corrected chi connectivity index (χ3v) is 7.17. The monoisotopic (exact) mass is 436 g/mol. The second kappa shape index (κ2) is 8.57. The minimum Gasteiger partial charge on any atom is -0.381 e. The van der Waals surface area contributed by atoms with Crippen molar-refractivity contribution in [1.29, 1.82) is 0 Å². The summed E-state index contributed by atoms with van der Waals surface area (Å²) in [7, 11) is 0. The van der Waals surface area contributed by atoms with Gasteiger partial charge in [0, 0.05) is 52.5 Å². The molecule has 0 bridgehead atoms. The molecule has 0 radical (unpaired) electrons. The molecule has 1 aromatic heterocycles. The second-order valence-electron chi connectivity index (χ2n) is 8.82. The lowest BCUT2D eigenvalue weighted by atomic mass is 9.87. The predicted molar refractivity (Wildman–Crippen MR) is 112 cm³/mol. The summed E-state index contributed by atoms with van der Waals surface area (Å²) in [5.74, 6) is 1.73. The van der Waals surface area contributed by atoms with Gasteiger partial charge in [-0.3, -0.25) is 4.79 Å². The van der Waals surface area contributed by atoms with Gasteiger partial charge in [0.1, 0.15) is 11.2 Å². The van der Waals surface area contributed by atoms with Gasteiger partial charge in [-0.25, -0.2) is 4.98 Å². The van der Waals surface area contributed by atoms with Gasteiger partial charge in [-0.2, -0.15) is 4.98 Å². The molecule has 164 valence electrons. The first-order valence-corrected chi connectivity index (χ1v) is 11.4. The van der Waals surface area contributed by atoms with Crippen molar-refractivity contribution in [1.82, 2.24) is 9.97 Å². The Balaban J connectivity index is 1.52. The number of halogens is 1. The number of rotatable bonds is 4. The standard InChI is InChI=1S/C21H29ClN4O4/c22-20-23-11-17-18(24-20)26(13-16-3-8-29-9-4-16)21(5-10-30-14-21)19(27)25(17)12-15-1-6-28-7-2-15/h11,15-16H,1-10,12-14H2. The van der Waals surface area contributed by atoms with Gasteiger partial charge in [0.15, 0.2) is 5.82 Å². The Morgan fingerprint density at radius 2 is 1.67 bits per heavy atom. The van der Waals surface area contributed by atoms with E-state index in [0.29, 0.717) is 38.0 Å². The Bertz CT molecular complexity index is 776.